The van der Waals surface area contributed by atoms with Crippen molar-refractivity contribution in [1.82, 2.24) is 14.5 Å². The van der Waals surface area contributed by atoms with Crippen LogP contribution in [0.2, 0.25) is 0 Å². The number of hydrogen-bond acceptors (Lipinski definition) is 5. The number of imidazole rings is 1. The molecule has 0 bridgehead atoms. The minimum Gasteiger partial charge on any atom is -0.321 e. The maximum absolute atomic E-state index is 12.3. The summed E-state index contributed by atoms with van der Waals surface area (Å²) in [6.45, 7) is 0. The fourth-order valence-corrected chi connectivity index (χ4v) is 2.71. The second-order valence-corrected chi connectivity index (χ2v) is 5.77. The predicted molar refractivity (Wildman–Crippen MR) is 99.9 cm³/mol. The van der Waals surface area contributed by atoms with Crippen LogP contribution in [-0.4, -0.2) is 25.4 Å². The van der Waals surface area contributed by atoms with Crippen LogP contribution in [0.3, 0.4) is 0 Å². The van der Waals surface area contributed by atoms with Gasteiger partial charge < -0.3 is 5.32 Å². The predicted octanol–water partition coefficient (Wildman–Crippen LogP) is 3.58. The lowest BCUT2D eigenvalue weighted by Gasteiger charge is -2.07. The van der Waals surface area contributed by atoms with Gasteiger partial charge in [-0.25, -0.2) is 9.97 Å². The lowest BCUT2D eigenvalue weighted by molar-refractivity contribution is -0.384. The molecule has 4 rings (SSSR count). The number of nitrogens with one attached hydrogen (secondary N) is 1. The fourth-order valence-electron chi connectivity index (χ4n) is 2.71. The lowest BCUT2D eigenvalue weighted by Crippen LogP contribution is -2.12. The summed E-state index contributed by atoms with van der Waals surface area (Å²) in [5.74, 6) is 0.221. The summed E-state index contributed by atoms with van der Waals surface area (Å²) in [4.78, 5) is 31.3. The molecule has 1 N–H and O–H groups in total. The first kappa shape index (κ1) is 16.4. The number of rotatable bonds is 4. The van der Waals surface area contributed by atoms with Crippen LogP contribution < -0.4 is 5.32 Å². The molecule has 2 aromatic heterocycles. The monoisotopic (exact) mass is 359 g/mol. The average molecular weight is 359 g/mol. The lowest BCUT2D eigenvalue weighted by atomic mass is 10.2. The minimum absolute atomic E-state index is 0.136. The molecule has 0 spiro atoms. The van der Waals surface area contributed by atoms with Crippen molar-refractivity contribution in [3.8, 4) is 5.82 Å². The number of non-ortho nitro benzene ring substituents is 1. The molecule has 0 unspecified atom stereocenters. The molecular formula is C19H13N5O3. The molecule has 8 nitrogen and oxygen atoms in total. The van der Waals surface area contributed by atoms with Crippen LogP contribution in [0.25, 0.3) is 16.9 Å². The van der Waals surface area contributed by atoms with E-state index in [9.17, 15) is 14.9 Å². The number of amides is 1. The Morgan fingerprint density at radius 1 is 1.04 bits per heavy atom. The zero-order valence-corrected chi connectivity index (χ0v) is 13.9. The normalized spacial score (nSPS) is 10.7. The number of carbonyl (C=O) groups is 1. The van der Waals surface area contributed by atoms with Crippen LogP contribution in [0, 0.1) is 10.1 Å². The second-order valence-electron chi connectivity index (χ2n) is 5.77. The molecule has 0 radical (unpaired) electrons. The molecule has 0 aliphatic heterocycles. The quantitative estimate of drug-likeness (QED) is 0.443. The van der Waals surface area contributed by atoms with Gasteiger partial charge in [0, 0.05) is 17.7 Å². The third-order valence-electron chi connectivity index (χ3n) is 4.03. The summed E-state index contributed by atoms with van der Waals surface area (Å²) in [7, 11) is 0. The molecule has 2 aromatic carbocycles. The molecule has 0 aliphatic rings. The number of nitro groups is 1. The SMILES string of the molecule is O=C(Nc1ccc(-n2cnc3ccccc32)nc1)c1cccc([N+](=O)[O-])c1. The molecule has 132 valence electrons. The Morgan fingerprint density at radius 3 is 2.67 bits per heavy atom. The standard InChI is InChI=1S/C19H13N5O3/c25-19(13-4-3-5-15(10-13)24(26)27)22-14-8-9-18(20-11-14)23-12-21-16-6-1-2-7-17(16)23/h1-12H,(H,22,25). The van der Waals surface area contributed by atoms with Crippen LogP contribution in [-0.2, 0) is 0 Å². The van der Waals surface area contributed by atoms with Gasteiger partial charge in [0.1, 0.15) is 12.1 Å². The van der Waals surface area contributed by atoms with Gasteiger partial charge >= 0.3 is 0 Å². The first-order valence-electron chi connectivity index (χ1n) is 8.06. The Kier molecular flexibility index (Phi) is 4.06. The van der Waals surface area contributed by atoms with Crippen molar-refractivity contribution in [3.05, 3.63) is 88.9 Å². The number of pyridine rings is 1. The summed E-state index contributed by atoms with van der Waals surface area (Å²) in [6.07, 6.45) is 3.22. The van der Waals surface area contributed by atoms with Crippen LogP contribution in [0.15, 0.2) is 73.2 Å². The Morgan fingerprint density at radius 2 is 1.89 bits per heavy atom. The zero-order chi connectivity index (χ0) is 18.8. The Hall–Kier alpha value is -4.07. The highest BCUT2D eigenvalue weighted by molar-refractivity contribution is 6.04. The van der Waals surface area contributed by atoms with E-state index in [4.69, 9.17) is 0 Å². The molecule has 2 heterocycles. The van der Waals surface area contributed by atoms with E-state index in [1.165, 1.54) is 30.5 Å². The summed E-state index contributed by atoms with van der Waals surface area (Å²) in [5.41, 5.74) is 2.34. The highest BCUT2D eigenvalue weighted by Gasteiger charge is 2.12. The first-order valence-corrected chi connectivity index (χ1v) is 8.06. The van der Waals surface area contributed by atoms with Gasteiger partial charge in [0.25, 0.3) is 11.6 Å². The molecule has 0 fully saturated rings. The molecule has 27 heavy (non-hydrogen) atoms. The molecule has 1 amide bonds. The summed E-state index contributed by atoms with van der Waals surface area (Å²) >= 11 is 0. The number of hydrogen-bond donors (Lipinski definition) is 1. The average Bonchev–Trinajstić information content (AvgIpc) is 3.13. The number of benzene rings is 2. The van der Waals surface area contributed by atoms with Gasteiger partial charge in [0.15, 0.2) is 0 Å². The maximum Gasteiger partial charge on any atom is 0.270 e. The Labute approximate surface area is 153 Å². The number of aromatic nitrogens is 3. The largest absolute Gasteiger partial charge is 0.321 e. The third-order valence-corrected chi connectivity index (χ3v) is 4.03. The van der Waals surface area contributed by atoms with Crippen molar-refractivity contribution in [3.63, 3.8) is 0 Å². The minimum atomic E-state index is -0.539. The van der Waals surface area contributed by atoms with Crippen molar-refractivity contribution >= 4 is 28.3 Å². The molecule has 0 atom stereocenters. The number of para-hydroxylation sites is 2. The number of fused-ring (bicyclic) bond motifs is 1. The molecule has 8 heteroatoms. The van der Waals surface area contributed by atoms with Crippen molar-refractivity contribution < 1.29 is 9.72 Å². The van der Waals surface area contributed by atoms with E-state index in [1.54, 1.807) is 18.5 Å². The molecule has 4 aromatic rings. The van der Waals surface area contributed by atoms with Crippen LogP contribution in [0.5, 0.6) is 0 Å². The van der Waals surface area contributed by atoms with Crippen molar-refractivity contribution in [2.45, 2.75) is 0 Å². The fraction of sp³-hybridized carbons (Fsp3) is 0. The van der Waals surface area contributed by atoms with Gasteiger partial charge in [-0.15, -0.1) is 0 Å². The van der Waals surface area contributed by atoms with Gasteiger partial charge in [0.2, 0.25) is 0 Å². The number of carbonyl (C=O) groups excluding carboxylic acids is 1. The number of nitro benzene ring substituents is 1. The van der Waals surface area contributed by atoms with E-state index in [2.05, 4.69) is 15.3 Å². The van der Waals surface area contributed by atoms with E-state index in [-0.39, 0.29) is 11.3 Å². The number of anilines is 1. The van der Waals surface area contributed by atoms with Crippen LogP contribution >= 0.6 is 0 Å². The van der Waals surface area contributed by atoms with Crippen molar-refractivity contribution in [2.24, 2.45) is 0 Å². The highest BCUT2D eigenvalue weighted by atomic mass is 16.6. The van der Waals surface area contributed by atoms with Gasteiger partial charge in [-0.2, -0.15) is 0 Å². The van der Waals surface area contributed by atoms with Crippen molar-refractivity contribution in [2.75, 3.05) is 5.32 Å². The molecule has 0 aliphatic carbocycles. The van der Waals surface area contributed by atoms with E-state index < -0.39 is 10.8 Å². The van der Waals surface area contributed by atoms with Gasteiger partial charge in [-0.05, 0) is 30.3 Å². The van der Waals surface area contributed by atoms with Crippen LogP contribution in [0.1, 0.15) is 10.4 Å². The number of nitrogens with zero attached hydrogens (tertiary/aromatic N) is 4. The molecular weight excluding hydrogens is 346 g/mol. The highest BCUT2D eigenvalue weighted by Crippen LogP contribution is 2.18. The van der Waals surface area contributed by atoms with Crippen molar-refractivity contribution in [1.29, 1.82) is 0 Å². The van der Waals surface area contributed by atoms with E-state index in [0.29, 0.717) is 11.5 Å². The zero-order valence-electron chi connectivity index (χ0n) is 13.9. The van der Waals surface area contributed by atoms with E-state index in [1.807, 2.05) is 28.8 Å². The third kappa shape index (κ3) is 3.23. The Balaban J connectivity index is 1.55. The summed E-state index contributed by atoms with van der Waals surface area (Å²) < 4.78 is 1.85. The molecule has 0 saturated carbocycles. The van der Waals surface area contributed by atoms with Gasteiger partial charge in [0.05, 0.1) is 27.8 Å². The summed E-state index contributed by atoms with van der Waals surface area (Å²) in [6, 6.07) is 16.7. The smallest absolute Gasteiger partial charge is 0.270 e. The van der Waals surface area contributed by atoms with Gasteiger partial charge in [-0.1, -0.05) is 18.2 Å². The summed E-state index contributed by atoms with van der Waals surface area (Å²) in [5, 5.41) is 13.5. The second kappa shape index (κ2) is 6.68. The molecule has 0 saturated heterocycles. The Bertz CT molecular complexity index is 1150. The topological polar surface area (TPSA) is 103 Å². The van der Waals surface area contributed by atoms with E-state index in [0.717, 1.165) is 11.0 Å². The van der Waals surface area contributed by atoms with E-state index >= 15 is 0 Å². The van der Waals surface area contributed by atoms with Crippen LogP contribution in [0.4, 0.5) is 11.4 Å². The first-order chi connectivity index (χ1) is 13.1. The van der Waals surface area contributed by atoms with Gasteiger partial charge in [-0.3, -0.25) is 19.5 Å². The maximum atomic E-state index is 12.3.